The van der Waals surface area contributed by atoms with Gasteiger partial charge in [-0.2, -0.15) is 5.10 Å². The van der Waals surface area contributed by atoms with Crippen molar-refractivity contribution in [1.82, 2.24) is 25.1 Å². The van der Waals surface area contributed by atoms with Crippen LogP contribution in [0.4, 0.5) is 0 Å². The summed E-state index contributed by atoms with van der Waals surface area (Å²) in [5, 5.41) is 8.26. The van der Waals surface area contributed by atoms with Crippen molar-refractivity contribution in [3.8, 4) is 0 Å². The Labute approximate surface area is 137 Å². The highest BCUT2D eigenvalue weighted by Gasteiger charge is 2.25. The standard InChI is InChI=1S/C16H17N5OS/c22-16(11-5-6-14-18-10-19-21(14)9-11)17-8-7-15-20-12-3-1-2-4-13(12)23-15/h1-4,10-11H,5-9H2,(H,17,22). The van der Waals surface area contributed by atoms with E-state index in [1.54, 1.807) is 17.7 Å². The van der Waals surface area contributed by atoms with Crippen LogP contribution in [0.25, 0.3) is 10.2 Å². The molecule has 1 N–H and O–H groups in total. The maximum atomic E-state index is 12.3. The second kappa shape index (κ2) is 6.08. The highest BCUT2D eigenvalue weighted by atomic mass is 32.1. The third-order valence-corrected chi connectivity index (χ3v) is 5.25. The highest BCUT2D eigenvalue weighted by molar-refractivity contribution is 7.18. The molecule has 0 radical (unpaired) electrons. The SMILES string of the molecule is O=C(NCCc1nc2ccccc2s1)C1CCc2ncnn2C1. The predicted octanol–water partition coefficient (Wildman–Crippen LogP) is 1.81. The van der Waals surface area contributed by atoms with E-state index in [1.165, 1.54) is 4.70 Å². The second-order valence-corrected chi connectivity index (χ2v) is 6.83. The van der Waals surface area contributed by atoms with Crippen molar-refractivity contribution in [2.75, 3.05) is 6.54 Å². The number of hydrogen-bond donors (Lipinski definition) is 1. The number of carbonyl (C=O) groups excluding carboxylic acids is 1. The number of aryl methyl sites for hydroxylation is 1. The summed E-state index contributed by atoms with van der Waals surface area (Å²) in [4.78, 5) is 21.1. The first-order valence-corrected chi connectivity index (χ1v) is 8.60. The fourth-order valence-electron chi connectivity index (χ4n) is 2.92. The summed E-state index contributed by atoms with van der Waals surface area (Å²) < 4.78 is 3.03. The minimum atomic E-state index is -0.0143. The monoisotopic (exact) mass is 327 g/mol. The molecule has 1 aromatic carbocycles. The van der Waals surface area contributed by atoms with Crippen LogP contribution in [-0.2, 0) is 24.2 Å². The van der Waals surface area contributed by atoms with Crippen LogP contribution < -0.4 is 5.32 Å². The summed E-state index contributed by atoms with van der Waals surface area (Å²) in [5.74, 6) is 1.07. The van der Waals surface area contributed by atoms with Crippen LogP contribution in [0.5, 0.6) is 0 Å². The molecule has 0 saturated carbocycles. The summed E-state index contributed by atoms with van der Waals surface area (Å²) in [6.07, 6.45) is 3.98. The number of thiazole rings is 1. The first kappa shape index (κ1) is 14.3. The van der Waals surface area contributed by atoms with E-state index in [2.05, 4.69) is 26.4 Å². The first-order chi connectivity index (χ1) is 11.3. The predicted molar refractivity (Wildman–Crippen MR) is 88.2 cm³/mol. The van der Waals surface area contributed by atoms with E-state index in [0.29, 0.717) is 13.1 Å². The number of aromatic nitrogens is 4. The fourth-order valence-corrected chi connectivity index (χ4v) is 3.88. The van der Waals surface area contributed by atoms with E-state index < -0.39 is 0 Å². The van der Waals surface area contributed by atoms with E-state index >= 15 is 0 Å². The molecule has 1 aliphatic rings. The third-order valence-electron chi connectivity index (χ3n) is 4.15. The minimum absolute atomic E-state index is 0.0143. The smallest absolute Gasteiger partial charge is 0.225 e. The van der Waals surface area contributed by atoms with Gasteiger partial charge in [0.15, 0.2) is 0 Å². The fraction of sp³-hybridized carbons (Fsp3) is 0.375. The van der Waals surface area contributed by atoms with Crippen LogP contribution in [-0.4, -0.2) is 32.2 Å². The van der Waals surface area contributed by atoms with Gasteiger partial charge in [-0.25, -0.2) is 14.6 Å². The summed E-state index contributed by atoms with van der Waals surface area (Å²) in [6.45, 7) is 1.25. The molecule has 0 fully saturated rings. The van der Waals surface area contributed by atoms with Gasteiger partial charge in [-0.15, -0.1) is 11.3 Å². The van der Waals surface area contributed by atoms with Gasteiger partial charge in [-0.3, -0.25) is 4.79 Å². The Morgan fingerprint density at radius 1 is 1.39 bits per heavy atom. The lowest BCUT2D eigenvalue weighted by Gasteiger charge is -2.21. The van der Waals surface area contributed by atoms with Crippen molar-refractivity contribution in [3.05, 3.63) is 41.4 Å². The van der Waals surface area contributed by atoms with Crippen molar-refractivity contribution in [3.63, 3.8) is 0 Å². The molecule has 6 nitrogen and oxygen atoms in total. The van der Waals surface area contributed by atoms with Crippen molar-refractivity contribution in [2.45, 2.75) is 25.8 Å². The number of fused-ring (bicyclic) bond motifs is 2. The van der Waals surface area contributed by atoms with Crippen LogP contribution in [0.2, 0.25) is 0 Å². The number of hydrogen-bond acceptors (Lipinski definition) is 5. The molecular formula is C16H17N5OS. The van der Waals surface area contributed by atoms with Gasteiger partial charge in [0, 0.05) is 19.4 Å². The zero-order valence-corrected chi connectivity index (χ0v) is 13.4. The Morgan fingerprint density at radius 2 is 2.30 bits per heavy atom. The number of benzene rings is 1. The summed E-state index contributed by atoms with van der Waals surface area (Å²) in [7, 11) is 0. The molecule has 3 heterocycles. The molecule has 1 unspecified atom stereocenters. The van der Waals surface area contributed by atoms with E-state index in [1.807, 2.05) is 22.9 Å². The number of nitrogens with zero attached hydrogens (tertiary/aromatic N) is 4. The van der Waals surface area contributed by atoms with Crippen LogP contribution in [0.1, 0.15) is 17.3 Å². The van der Waals surface area contributed by atoms with Crippen LogP contribution >= 0.6 is 11.3 Å². The highest BCUT2D eigenvalue weighted by Crippen LogP contribution is 2.22. The minimum Gasteiger partial charge on any atom is -0.355 e. The molecule has 1 amide bonds. The van der Waals surface area contributed by atoms with E-state index in [4.69, 9.17) is 0 Å². The summed E-state index contributed by atoms with van der Waals surface area (Å²) in [6, 6.07) is 8.11. The average molecular weight is 327 g/mol. The van der Waals surface area contributed by atoms with Gasteiger partial charge in [0.2, 0.25) is 5.91 Å². The molecule has 23 heavy (non-hydrogen) atoms. The Balaban J connectivity index is 1.32. The zero-order chi connectivity index (χ0) is 15.6. The Bertz CT molecular complexity index is 807. The Morgan fingerprint density at radius 3 is 3.22 bits per heavy atom. The van der Waals surface area contributed by atoms with Crippen LogP contribution in [0, 0.1) is 5.92 Å². The lowest BCUT2D eigenvalue weighted by atomic mass is 9.99. The second-order valence-electron chi connectivity index (χ2n) is 5.71. The van der Waals surface area contributed by atoms with Gasteiger partial charge in [-0.05, 0) is 18.6 Å². The lowest BCUT2D eigenvalue weighted by molar-refractivity contribution is -0.126. The van der Waals surface area contributed by atoms with E-state index in [-0.39, 0.29) is 11.8 Å². The molecule has 0 bridgehead atoms. The van der Waals surface area contributed by atoms with Crippen LogP contribution in [0.15, 0.2) is 30.6 Å². The van der Waals surface area contributed by atoms with Gasteiger partial charge >= 0.3 is 0 Å². The molecule has 0 spiro atoms. The topological polar surface area (TPSA) is 72.7 Å². The molecule has 2 aromatic heterocycles. The van der Waals surface area contributed by atoms with Crippen LogP contribution in [0.3, 0.4) is 0 Å². The van der Waals surface area contributed by atoms with E-state index in [0.717, 1.165) is 35.6 Å². The molecule has 7 heteroatoms. The number of nitrogens with one attached hydrogen (secondary N) is 1. The molecule has 4 rings (SSSR count). The van der Waals surface area contributed by atoms with Crippen molar-refractivity contribution in [2.24, 2.45) is 5.92 Å². The van der Waals surface area contributed by atoms with Crippen molar-refractivity contribution < 1.29 is 4.79 Å². The lowest BCUT2D eigenvalue weighted by Crippen LogP contribution is -2.37. The molecular weight excluding hydrogens is 310 g/mol. The van der Waals surface area contributed by atoms with Gasteiger partial charge in [0.05, 0.1) is 27.7 Å². The Kier molecular flexibility index (Phi) is 3.78. The zero-order valence-electron chi connectivity index (χ0n) is 12.6. The first-order valence-electron chi connectivity index (χ1n) is 7.78. The van der Waals surface area contributed by atoms with E-state index in [9.17, 15) is 4.79 Å². The average Bonchev–Trinajstić information content (AvgIpc) is 3.19. The van der Waals surface area contributed by atoms with Gasteiger partial charge in [0.1, 0.15) is 12.2 Å². The molecule has 3 aromatic rings. The van der Waals surface area contributed by atoms with Gasteiger partial charge in [-0.1, -0.05) is 12.1 Å². The van der Waals surface area contributed by atoms with Gasteiger partial charge in [0.25, 0.3) is 0 Å². The normalized spacial score (nSPS) is 17.1. The number of rotatable bonds is 4. The summed E-state index contributed by atoms with van der Waals surface area (Å²) in [5.41, 5.74) is 1.03. The van der Waals surface area contributed by atoms with Gasteiger partial charge < -0.3 is 5.32 Å². The maximum absolute atomic E-state index is 12.3. The number of para-hydroxylation sites is 1. The maximum Gasteiger partial charge on any atom is 0.225 e. The van der Waals surface area contributed by atoms with Crippen molar-refractivity contribution >= 4 is 27.5 Å². The van der Waals surface area contributed by atoms with Crippen molar-refractivity contribution in [1.29, 1.82) is 0 Å². The number of amides is 1. The molecule has 0 saturated heterocycles. The Hall–Kier alpha value is -2.28. The molecule has 0 aliphatic carbocycles. The molecule has 1 aliphatic heterocycles. The molecule has 1 atom stereocenters. The third kappa shape index (κ3) is 2.96. The quantitative estimate of drug-likeness (QED) is 0.793. The largest absolute Gasteiger partial charge is 0.355 e. The summed E-state index contributed by atoms with van der Waals surface area (Å²) >= 11 is 1.69. The number of carbonyl (C=O) groups is 1. The molecule has 118 valence electrons.